The zero-order valence-electron chi connectivity index (χ0n) is 21.9. The molecule has 0 spiro atoms. The maximum absolute atomic E-state index is 13.7. The Bertz CT molecular complexity index is 1340. The Balaban J connectivity index is 1.36. The van der Waals surface area contributed by atoms with E-state index in [1.807, 2.05) is 0 Å². The predicted molar refractivity (Wildman–Crippen MR) is 146 cm³/mol. The summed E-state index contributed by atoms with van der Waals surface area (Å²) in [6, 6.07) is 7.50. The molecule has 2 N–H and O–H groups in total. The number of halogens is 2. The van der Waals surface area contributed by atoms with Crippen LogP contribution in [0.1, 0.15) is 6.42 Å². The summed E-state index contributed by atoms with van der Waals surface area (Å²) in [5, 5.41) is 14.1. The van der Waals surface area contributed by atoms with E-state index in [1.54, 1.807) is 30.2 Å². The minimum atomic E-state index is -0.610. The van der Waals surface area contributed by atoms with E-state index >= 15 is 0 Å². The third-order valence-corrected chi connectivity index (χ3v) is 7.48. The largest absolute Gasteiger partial charge is 0.497 e. The van der Waals surface area contributed by atoms with Crippen molar-refractivity contribution in [3.05, 3.63) is 47.5 Å². The van der Waals surface area contributed by atoms with Crippen molar-refractivity contribution in [2.24, 2.45) is 0 Å². The van der Waals surface area contributed by atoms with Crippen LogP contribution in [0.25, 0.3) is 10.9 Å². The highest BCUT2D eigenvalue weighted by Crippen LogP contribution is 2.36. The van der Waals surface area contributed by atoms with Gasteiger partial charge in [0.05, 0.1) is 41.7 Å². The van der Waals surface area contributed by atoms with Crippen molar-refractivity contribution < 1.29 is 23.8 Å². The van der Waals surface area contributed by atoms with Gasteiger partial charge < -0.3 is 29.7 Å². The lowest BCUT2D eigenvalue weighted by molar-refractivity contribution is -0.134. The van der Waals surface area contributed by atoms with E-state index < -0.39 is 11.9 Å². The number of anilines is 2. The number of nitrogens with zero attached hydrogens (tertiary/aromatic N) is 5. The molecule has 2 aliphatic heterocycles. The van der Waals surface area contributed by atoms with E-state index in [-0.39, 0.29) is 30.1 Å². The lowest BCUT2D eigenvalue weighted by Crippen LogP contribution is -2.50. The smallest absolute Gasteiger partial charge is 0.237 e. The zero-order valence-corrected chi connectivity index (χ0v) is 22.7. The minimum Gasteiger partial charge on any atom is -0.497 e. The summed E-state index contributed by atoms with van der Waals surface area (Å²) in [5.74, 6) is 0.901. The zero-order chi connectivity index (χ0) is 27.5. The molecule has 0 bridgehead atoms. The Morgan fingerprint density at radius 3 is 2.74 bits per heavy atom. The van der Waals surface area contributed by atoms with E-state index in [0.717, 1.165) is 26.2 Å². The van der Waals surface area contributed by atoms with E-state index in [9.17, 15) is 14.3 Å². The maximum atomic E-state index is 13.7. The molecule has 10 nitrogen and oxygen atoms in total. The molecule has 208 valence electrons. The maximum Gasteiger partial charge on any atom is 0.237 e. The van der Waals surface area contributed by atoms with Gasteiger partial charge in [0.25, 0.3) is 0 Å². The van der Waals surface area contributed by atoms with Gasteiger partial charge in [0.2, 0.25) is 5.91 Å². The van der Waals surface area contributed by atoms with Crippen LogP contribution in [0.4, 0.5) is 15.9 Å². The molecule has 3 aromatic rings. The highest BCUT2D eigenvalue weighted by Gasteiger charge is 2.35. The van der Waals surface area contributed by atoms with Gasteiger partial charge in [0.1, 0.15) is 36.1 Å². The minimum absolute atomic E-state index is 0.0147. The van der Waals surface area contributed by atoms with Crippen LogP contribution in [0.5, 0.6) is 11.5 Å². The molecule has 0 unspecified atom stereocenters. The summed E-state index contributed by atoms with van der Waals surface area (Å²) >= 11 is 5.96. The normalized spacial score (nSPS) is 20.4. The summed E-state index contributed by atoms with van der Waals surface area (Å²) in [7, 11) is 3.63. The van der Waals surface area contributed by atoms with Crippen LogP contribution in [0.3, 0.4) is 0 Å². The number of aliphatic hydroxyl groups is 1. The number of aliphatic hydroxyl groups excluding tert-OH is 1. The molecule has 2 fully saturated rings. The van der Waals surface area contributed by atoms with Crippen molar-refractivity contribution >= 4 is 39.9 Å². The number of hydrogen-bond donors (Lipinski definition) is 2. The second-order valence-corrected chi connectivity index (χ2v) is 10.4. The van der Waals surface area contributed by atoms with E-state index in [2.05, 4.69) is 32.1 Å². The molecule has 12 heteroatoms. The summed E-state index contributed by atoms with van der Waals surface area (Å²) < 4.78 is 25.4. The number of methoxy groups -OCH3 is 1. The summed E-state index contributed by atoms with van der Waals surface area (Å²) in [4.78, 5) is 28.1. The number of fused-ring (bicyclic) bond motifs is 1. The Morgan fingerprint density at radius 1 is 1.21 bits per heavy atom. The number of carbonyl (C=O) groups excluding carboxylic acids is 1. The lowest BCUT2D eigenvalue weighted by atomic mass is 10.1. The van der Waals surface area contributed by atoms with Crippen molar-refractivity contribution in [1.29, 1.82) is 0 Å². The number of piperazine rings is 1. The number of carbonyl (C=O) groups is 1. The van der Waals surface area contributed by atoms with Crippen LogP contribution < -0.4 is 14.8 Å². The Labute approximate surface area is 231 Å². The fourth-order valence-corrected chi connectivity index (χ4v) is 5.18. The molecule has 2 aliphatic rings. The van der Waals surface area contributed by atoms with Gasteiger partial charge in [-0.2, -0.15) is 0 Å². The van der Waals surface area contributed by atoms with Gasteiger partial charge in [-0.25, -0.2) is 14.4 Å². The SMILES string of the molecule is COc1cc(OC[C@H]2C[C@H](O)CN2C(=O)CN2CCN(C)CC2)c2c(Nc3ccc(F)c(Cl)c3)ncnc2c1. The number of hydrogen-bond acceptors (Lipinski definition) is 9. The summed E-state index contributed by atoms with van der Waals surface area (Å²) in [6.07, 6.45) is 1.22. The topological polar surface area (TPSA) is 103 Å². The average Bonchev–Trinajstić information content (AvgIpc) is 3.31. The average molecular weight is 559 g/mol. The first-order valence-electron chi connectivity index (χ1n) is 12.9. The molecule has 0 aliphatic carbocycles. The first-order valence-corrected chi connectivity index (χ1v) is 13.2. The summed E-state index contributed by atoms with van der Waals surface area (Å²) in [6.45, 7) is 4.30. The number of β-amino-alcohol motifs (C(OH)–C–C–N with tert-alkyl or cyclic N) is 1. The van der Waals surface area contributed by atoms with E-state index in [0.29, 0.717) is 46.9 Å². The molecule has 0 saturated carbocycles. The molecule has 1 aromatic heterocycles. The van der Waals surface area contributed by atoms with Gasteiger partial charge in [-0.05, 0) is 31.7 Å². The molecule has 5 rings (SSSR count). The number of ether oxygens (including phenoxy) is 2. The van der Waals surface area contributed by atoms with Gasteiger partial charge in [-0.15, -0.1) is 0 Å². The standard InChI is InChI=1S/C27H32ClFN6O4/c1-33-5-7-34(8-6-33)14-25(37)35-13-19(36)10-18(35)15-39-24-12-20(38-2)11-23-26(24)27(31-16-30-23)32-17-3-4-22(29)21(28)9-17/h3-4,9,11-12,16,18-19,36H,5-8,10,13-15H2,1-2H3,(H,30,31,32)/t18-,19+/m1/s1. The number of aromatic nitrogens is 2. The Morgan fingerprint density at radius 2 is 2.00 bits per heavy atom. The molecule has 1 amide bonds. The number of rotatable bonds is 8. The first kappa shape index (κ1) is 27.3. The van der Waals surface area contributed by atoms with Gasteiger partial charge in [-0.1, -0.05) is 11.6 Å². The first-order chi connectivity index (χ1) is 18.8. The second kappa shape index (κ2) is 11.9. The molecule has 2 saturated heterocycles. The Hall–Kier alpha value is -3.25. The fourth-order valence-electron chi connectivity index (χ4n) is 5.00. The van der Waals surface area contributed by atoms with Gasteiger partial charge in [0, 0.05) is 50.5 Å². The molecule has 2 atom stereocenters. The molecule has 39 heavy (non-hydrogen) atoms. The lowest BCUT2D eigenvalue weighted by Gasteiger charge is -2.33. The van der Waals surface area contributed by atoms with Crippen LogP contribution in [0.15, 0.2) is 36.7 Å². The Kier molecular flexibility index (Phi) is 8.31. The van der Waals surface area contributed by atoms with Crippen LogP contribution in [0, 0.1) is 5.82 Å². The predicted octanol–water partition coefficient (Wildman–Crippen LogP) is 2.76. The fraction of sp³-hybridized carbons (Fsp3) is 0.444. The molecular formula is C27H32ClFN6O4. The van der Waals surface area contributed by atoms with Crippen LogP contribution in [-0.4, -0.2) is 108 Å². The second-order valence-electron chi connectivity index (χ2n) is 9.98. The number of likely N-dealkylation sites (N-methyl/N-ethyl adjacent to an activating group) is 1. The number of benzene rings is 2. The third-order valence-electron chi connectivity index (χ3n) is 7.19. The number of amides is 1. The van der Waals surface area contributed by atoms with Gasteiger partial charge in [-0.3, -0.25) is 9.69 Å². The van der Waals surface area contributed by atoms with E-state index in [1.165, 1.54) is 18.5 Å². The van der Waals surface area contributed by atoms with Crippen molar-refractivity contribution in [2.45, 2.75) is 18.6 Å². The van der Waals surface area contributed by atoms with Crippen molar-refractivity contribution in [2.75, 3.05) is 65.3 Å². The van der Waals surface area contributed by atoms with Crippen LogP contribution in [0.2, 0.25) is 5.02 Å². The monoisotopic (exact) mass is 558 g/mol. The van der Waals surface area contributed by atoms with Crippen molar-refractivity contribution in [3.63, 3.8) is 0 Å². The van der Waals surface area contributed by atoms with E-state index in [4.69, 9.17) is 21.1 Å². The van der Waals surface area contributed by atoms with Gasteiger partial charge in [0.15, 0.2) is 0 Å². The highest BCUT2D eigenvalue weighted by atomic mass is 35.5. The molecular weight excluding hydrogens is 527 g/mol. The summed E-state index contributed by atoms with van der Waals surface area (Å²) in [5.41, 5.74) is 1.12. The highest BCUT2D eigenvalue weighted by molar-refractivity contribution is 6.31. The number of likely N-dealkylation sites (tertiary alicyclic amines) is 1. The van der Waals surface area contributed by atoms with Gasteiger partial charge >= 0.3 is 0 Å². The molecule has 0 radical (unpaired) electrons. The van der Waals surface area contributed by atoms with Crippen LogP contribution in [-0.2, 0) is 4.79 Å². The molecule has 3 heterocycles. The third kappa shape index (κ3) is 6.33. The van der Waals surface area contributed by atoms with Crippen LogP contribution >= 0.6 is 11.6 Å². The molecule has 2 aromatic carbocycles. The quantitative estimate of drug-likeness (QED) is 0.432. The van der Waals surface area contributed by atoms with Crippen molar-refractivity contribution in [3.8, 4) is 11.5 Å². The van der Waals surface area contributed by atoms with Crippen molar-refractivity contribution in [1.82, 2.24) is 24.7 Å². The number of nitrogens with one attached hydrogen (secondary N) is 1.